The molecule has 0 bridgehead atoms. The summed E-state index contributed by atoms with van der Waals surface area (Å²) >= 11 is 7.77. The zero-order chi connectivity index (χ0) is 21.4. The number of carboxylic acids is 1. The van der Waals surface area contributed by atoms with Gasteiger partial charge in [0.1, 0.15) is 5.82 Å². The first-order valence-electron chi connectivity index (χ1n) is 8.96. The molecule has 0 saturated heterocycles. The molecule has 0 unspecified atom stereocenters. The minimum Gasteiger partial charge on any atom is -0.478 e. The summed E-state index contributed by atoms with van der Waals surface area (Å²) in [5.74, 6) is -2.21. The van der Waals surface area contributed by atoms with Gasteiger partial charge in [-0.05, 0) is 54.8 Å². The van der Waals surface area contributed by atoms with Crippen molar-refractivity contribution in [2.75, 3.05) is 6.26 Å². The molecule has 8 heteroatoms. The van der Waals surface area contributed by atoms with E-state index in [1.54, 1.807) is 30.0 Å². The first-order valence-corrected chi connectivity index (χ1v) is 10.6. The molecule has 0 amide bonds. The average molecular weight is 443 g/mol. The second-order valence-electron chi connectivity index (χ2n) is 6.62. The molecule has 4 aromatic rings. The van der Waals surface area contributed by atoms with Crippen molar-refractivity contribution in [2.45, 2.75) is 11.4 Å². The van der Waals surface area contributed by atoms with Crippen LogP contribution in [0.25, 0.3) is 16.7 Å². The summed E-state index contributed by atoms with van der Waals surface area (Å²) in [6.07, 6.45) is 1.96. The van der Waals surface area contributed by atoms with Crippen LogP contribution >= 0.6 is 23.4 Å². The number of thioether (sulfide) groups is 1. The summed E-state index contributed by atoms with van der Waals surface area (Å²) < 4.78 is 17.6. The van der Waals surface area contributed by atoms with E-state index in [0.717, 1.165) is 4.90 Å². The predicted octanol–water partition coefficient (Wildman–Crippen LogP) is 5.05. The van der Waals surface area contributed by atoms with Gasteiger partial charge in [0, 0.05) is 15.5 Å². The number of rotatable bonds is 5. The van der Waals surface area contributed by atoms with E-state index in [1.165, 1.54) is 27.3 Å². The average Bonchev–Trinajstić information content (AvgIpc) is 3.00. The fourth-order valence-corrected chi connectivity index (χ4v) is 3.98. The van der Waals surface area contributed by atoms with Gasteiger partial charge in [0.25, 0.3) is 0 Å². The number of nitrogens with zero attached hydrogens (tertiary/aromatic N) is 2. The van der Waals surface area contributed by atoms with Crippen LogP contribution in [0.3, 0.4) is 0 Å². The Bertz CT molecular complexity index is 1330. The molecule has 0 radical (unpaired) electrons. The molecule has 152 valence electrons. The Kier molecular flexibility index (Phi) is 5.40. The maximum absolute atomic E-state index is 14.7. The summed E-state index contributed by atoms with van der Waals surface area (Å²) in [4.78, 5) is 25.6. The Morgan fingerprint density at radius 2 is 1.83 bits per heavy atom. The van der Waals surface area contributed by atoms with Crippen LogP contribution in [0.2, 0.25) is 5.02 Å². The van der Waals surface area contributed by atoms with Crippen molar-refractivity contribution in [3.05, 3.63) is 93.1 Å². The summed E-state index contributed by atoms with van der Waals surface area (Å²) in [6.45, 7) is -0.111. The van der Waals surface area contributed by atoms with Crippen molar-refractivity contribution >= 4 is 40.4 Å². The topological polar surface area (TPSA) is 64.2 Å². The van der Waals surface area contributed by atoms with Crippen LogP contribution in [0.15, 0.2) is 70.4 Å². The number of hydrogen-bond acceptors (Lipinski definition) is 3. The number of imidazole rings is 1. The predicted molar refractivity (Wildman–Crippen MR) is 117 cm³/mol. The van der Waals surface area contributed by atoms with Gasteiger partial charge in [-0.25, -0.2) is 14.0 Å². The number of aromatic nitrogens is 2. The molecule has 0 aliphatic rings. The van der Waals surface area contributed by atoms with Crippen LogP contribution in [0.4, 0.5) is 4.39 Å². The Balaban J connectivity index is 1.92. The first-order chi connectivity index (χ1) is 14.4. The third-order valence-electron chi connectivity index (χ3n) is 4.86. The maximum Gasteiger partial charge on any atom is 0.338 e. The third kappa shape index (κ3) is 3.51. The minimum absolute atomic E-state index is 0.111. The number of fused-ring (bicyclic) bond motifs is 1. The first kappa shape index (κ1) is 20.3. The van der Waals surface area contributed by atoms with Crippen LogP contribution in [-0.4, -0.2) is 26.5 Å². The highest BCUT2D eigenvalue weighted by Gasteiger charge is 2.19. The molecular weight excluding hydrogens is 427 g/mol. The molecule has 0 fully saturated rings. The lowest BCUT2D eigenvalue weighted by Gasteiger charge is -2.07. The summed E-state index contributed by atoms with van der Waals surface area (Å²) in [5, 5.41) is 9.65. The van der Waals surface area contributed by atoms with Gasteiger partial charge in [0.05, 0.1) is 28.8 Å². The molecule has 0 aliphatic carbocycles. The van der Waals surface area contributed by atoms with Crippen LogP contribution < -0.4 is 5.69 Å². The zero-order valence-corrected chi connectivity index (χ0v) is 17.4. The number of hydrogen-bond donors (Lipinski definition) is 1. The van der Waals surface area contributed by atoms with Gasteiger partial charge in [-0.2, -0.15) is 0 Å². The van der Waals surface area contributed by atoms with Crippen molar-refractivity contribution in [1.29, 1.82) is 0 Å². The SMILES string of the molecule is CSc1ccc(-n2c(=O)n(Cc3cccc(C(=O)O)c3F)c3ccc(Cl)cc32)cc1. The molecule has 1 heterocycles. The standard InChI is InChI=1S/C22H16ClFN2O3S/c1-30-16-8-6-15(7-9-16)26-19-11-14(23)5-10-18(19)25(22(26)29)12-13-3-2-4-17(20(13)24)21(27)28/h2-11H,12H2,1H3,(H,27,28). The van der Waals surface area contributed by atoms with Gasteiger partial charge in [-0.3, -0.25) is 9.13 Å². The van der Waals surface area contributed by atoms with Crippen molar-refractivity contribution in [3.8, 4) is 5.69 Å². The normalized spacial score (nSPS) is 11.2. The molecular formula is C22H16ClFN2O3S. The van der Waals surface area contributed by atoms with E-state index in [4.69, 9.17) is 11.6 Å². The summed E-state index contributed by atoms with van der Waals surface area (Å²) in [5.41, 5.74) is 1.12. The van der Waals surface area contributed by atoms with E-state index in [2.05, 4.69) is 0 Å². The molecule has 4 rings (SSSR count). The van der Waals surface area contributed by atoms with E-state index >= 15 is 0 Å². The minimum atomic E-state index is -1.36. The second kappa shape index (κ2) is 8.01. The molecule has 0 aliphatic heterocycles. The van der Waals surface area contributed by atoms with Gasteiger partial charge >= 0.3 is 11.7 Å². The van der Waals surface area contributed by atoms with Crippen molar-refractivity contribution in [1.82, 2.24) is 9.13 Å². The van der Waals surface area contributed by atoms with Gasteiger partial charge in [0.15, 0.2) is 0 Å². The van der Waals surface area contributed by atoms with Crippen LogP contribution in [0.5, 0.6) is 0 Å². The lowest BCUT2D eigenvalue weighted by Crippen LogP contribution is -2.24. The van der Waals surface area contributed by atoms with Gasteiger partial charge in [0.2, 0.25) is 0 Å². The molecule has 0 spiro atoms. The van der Waals surface area contributed by atoms with E-state index in [0.29, 0.717) is 21.7 Å². The van der Waals surface area contributed by atoms with Crippen molar-refractivity contribution in [2.24, 2.45) is 0 Å². The highest BCUT2D eigenvalue weighted by Crippen LogP contribution is 2.25. The highest BCUT2D eigenvalue weighted by atomic mass is 35.5. The molecule has 1 aromatic heterocycles. The number of benzene rings is 3. The Labute approximate surface area is 180 Å². The number of carboxylic acid groups (broad SMARTS) is 1. The lowest BCUT2D eigenvalue weighted by molar-refractivity contribution is 0.0691. The maximum atomic E-state index is 14.7. The number of halogens is 2. The van der Waals surface area contributed by atoms with E-state index < -0.39 is 17.3 Å². The van der Waals surface area contributed by atoms with E-state index in [-0.39, 0.29) is 17.8 Å². The lowest BCUT2D eigenvalue weighted by atomic mass is 10.1. The van der Waals surface area contributed by atoms with E-state index in [1.807, 2.05) is 30.5 Å². The van der Waals surface area contributed by atoms with Crippen molar-refractivity contribution in [3.63, 3.8) is 0 Å². The monoisotopic (exact) mass is 442 g/mol. The van der Waals surface area contributed by atoms with Gasteiger partial charge in [-0.1, -0.05) is 23.7 Å². The smallest absolute Gasteiger partial charge is 0.338 e. The summed E-state index contributed by atoms with van der Waals surface area (Å²) in [6, 6.07) is 16.7. The Morgan fingerprint density at radius 3 is 2.50 bits per heavy atom. The number of carbonyl (C=O) groups is 1. The molecule has 1 N–H and O–H groups in total. The molecule has 5 nitrogen and oxygen atoms in total. The summed E-state index contributed by atoms with van der Waals surface area (Å²) in [7, 11) is 0. The molecule has 3 aromatic carbocycles. The van der Waals surface area contributed by atoms with Gasteiger partial charge in [-0.15, -0.1) is 11.8 Å². The largest absolute Gasteiger partial charge is 0.478 e. The molecule has 0 atom stereocenters. The third-order valence-corrected chi connectivity index (χ3v) is 5.84. The fourth-order valence-electron chi connectivity index (χ4n) is 3.40. The quantitative estimate of drug-likeness (QED) is 0.439. The number of aromatic carboxylic acids is 1. The second-order valence-corrected chi connectivity index (χ2v) is 7.94. The van der Waals surface area contributed by atoms with E-state index in [9.17, 15) is 19.1 Å². The molecule has 0 saturated carbocycles. The fraction of sp³-hybridized carbons (Fsp3) is 0.0909. The highest BCUT2D eigenvalue weighted by molar-refractivity contribution is 7.98. The van der Waals surface area contributed by atoms with Crippen LogP contribution in [0.1, 0.15) is 15.9 Å². The van der Waals surface area contributed by atoms with Crippen LogP contribution in [-0.2, 0) is 6.54 Å². The Morgan fingerprint density at radius 1 is 1.10 bits per heavy atom. The van der Waals surface area contributed by atoms with Crippen molar-refractivity contribution < 1.29 is 14.3 Å². The van der Waals surface area contributed by atoms with Crippen LogP contribution in [0, 0.1) is 5.82 Å². The van der Waals surface area contributed by atoms with Gasteiger partial charge < -0.3 is 5.11 Å². The Hall–Kier alpha value is -3.03. The zero-order valence-electron chi connectivity index (χ0n) is 15.8. The molecule has 30 heavy (non-hydrogen) atoms.